The van der Waals surface area contributed by atoms with Crippen molar-refractivity contribution < 1.29 is 0 Å². The van der Waals surface area contributed by atoms with Gasteiger partial charge in [-0.2, -0.15) is 0 Å². The Hall–Kier alpha value is -1.39. The van der Waals surface area contributed by atoms with Crippen LogP contribution in [0.2, 0.25) is 0 Å². The van der Waals surface area contributed by atoms with Crippen molar-refractivity contribution in [1.29, 1.82) is 0 Å². The van der Waals surface area contributed by atoms with Gasteiger partial charge in [0.15, 0.2) is 4.77 Å². The van der Waals surface area contributed by atoms with E-state index >= 15 is 0 Å². The number of rotatable bonds is 6. The first-order valence-corrected chi connectivity index (χ1v) is 7.78. The van der Waals surface area contributed by atoms with Crippen LogP contribution in [-0.2, 0) is 6.54 Å². The van der Waals surface area contributed by atoms with E-state index in [1.165, 1.54) is 24.1 Å². The molecule has 4 heteroatoms. The highest BCUT2D eigenvalue weighted by Crippen LogP contribution is 2.26. The van der Waals surface area contributed by atoms with E-state index in [1.807, 2.05) is 12.3 Å². The molecule has 20 heavy (non-hydrogen) atoms. The van der Waals surface area contributed by atoms with Gasteiger partial charge in [-0.1, -0.05) is 37.3 Å². The van der Waals surface area contributed by atoms with E-state index in [9.17, 15) is 0 Å². The van der Waals surface area contributed by atoms with Gasteiger partial charge in [-0.25, -0.2) is 0 Å². The highest BCUT2D eigenvalue weighted by molar-refractivity contribution is 7.71. The average Bonchev–Trinajstić information content (AvgIpc) is 3.25. The van der Waals surface area contributed by atoms with Crippen molar-refractivity contribution in [3.05, 3.63) is 41.3 Å². The molecule has 0 aliphatic heterocycles. The molecule has 1 aromatic carbocycles. The average molecular weight is 287 g/mol. The van der Waals surface area contributed by atoms with Crippen LogP contribution in [0.4, 0.5) is 0 Å². The summed E-state index contributed by atoms with van der Waals surface area (Å²) in [5.74, 6) is 0. The van der Waals surface area contributed by atoms with E-state index in [4.69, 9.17) is 12.2 Å². The van der Waals surface area contributed by atoms with E-state index in [0.717, 1.165) is 30.4 Å². The molecule has 1 heterocycles. The second-order valence-corrected chi connectivity index (χ2v) is 5.74. The van der Waals surface area contributed by atoms with E-state index in [1.54, 1.807) is 0 Å². The number of aromatic amines is 1. The third-order valence-electron chi connectivity index (χ3n) is 4.02. The number of H-pyrrole nitrogens is 1. The first kappa shape index (κ1) is 13.6. The molecule has 106 valence electrons. The second kappa shape index (κ2) is 5.94. The fourth-order valence-electron chi connectivity index (χ4n) is 2.73. The van der Waals surface area contributed by atoms with Crippen molar-refractivity contribution in [1.82, 2.24) is 14.5 Å². The zero-order valence-corrected chi connectivity index (χ0v) is 12.7. The number of hydrogen-bond acceptors (Lipinski definition) is 2. The molecule has 0 saturated heterocycles. The number of nitrogens with zero attached hydrogens (tertiary/aromatic N) is 2. The van der Waals surface area contributed by atoms with Gasteiger partial charge in [0.25, 0.3) is 0 Å². The van der Waals surface area contributed by atoms with Gasteiger partial charge in [0.05, 0.1) is 5.69 Å². The summed E-state index contributed by atoms with van der Waals surface area (Å²) < 4.78 is 3.03. The Kier molecular flexibility index (Phi) is 4.03. The molecule has 0 unspecified atom stereocenters. The molecule has 1 fully saturated rings. The SMILES string of the molecule is CCN(CCn1c(-c2ccccc2)c[nH]c1=S)C1CC1. The van der Waals surface area contributed by atoms with Crippen LogP contribution in [0.25, 0.3) is 11.3 Å². The van der Waals surface area contributed by atoms with Gasteiger partial charge < -0.3 is 9.55 Å². The normalized spacial score (nSPS) is 14.9. The number of hydrogen-bond donors (Lipinski definition) is 1. The third kappa shape index (κ3) is 2.86. The topological polar surface area (TPSA) is 24.0 Å². The summed E-state index contributed by atoms with van der Waals surface area (Å²) in [5, 5.41) is 0. The lowest BCUT2D eigenvalue weighted by atomic mass is 10.2. The summed E-state index contributed by atoms with van der Waals surface area (Å²) in [7, 11) is 0. The summed E-state index contributed by atoms with van der Waals surface area (Å²) in [6.07, 6.45) is 4.74. The monoisotopic (exact) mass is 287 g/mol. The lowest BCUT2D eigenvalue weighted by Gasteiger charge is -2.20. The molecule has 1 saturated carbocycles. The quantitative estimate of drug-likeness (QED) is 0.819. The molecule has 1 aromatic heterocycles. The lowest BCUT2D eigenvalue weighted by Crippen LogP contribution is -2.29. The van der Waals surface area contributed by atoms with Crippen molar-refractivity contribution in [2.75, 3.05) is 13.1 Å². The molecule has 3 rings (SSSR count). The lowest BCUT2D eigenvalue weighted by molar-refractivity contribution is 0.266. The van der Waals surface area contributed by atoms with Crippen LogP contribution in [0, 0.1) is 4.77 Å². The standard InChI is InChI=1S/C16H21N3S/c1-2-18(14-8-9-14)10-11-19-15(12-17-16(19)20)13-6-4-3-5-7-13/h3-7,12,14H,2,8-11H2,1H3,(H,17,20). The summed E-state index contributed by atoms with van der Waals surface area (Å²) in [6, 6.07) is 11.3. The fraction of sp³-hybridized carbons (Fsp3) is 0.438. The van der Waals surface area contributed by atoms with Gasteiger partial charge in [0, 0.05) is 25.3 Å². The van der Waals surface area contributed by atoms with E-state index < -0.39 is 0 Å². The molecule has 0 spiro atoms. The van der Waals surface area contributed by atoms with Crippen LogP contribution >= 0.6 is 12.2 Å². The minimum Gasteiger partial charge on any atom is -0.337 e. The molecule has 1 aliphatic carbocycles. The zero-order chi connectivity index (χ0) is 13.9. The van der Waals surface area contributed by atoms with Crippen LogP contribution in [0.5, 0.6) is 0 Å². The highest BCUT2D eigenvalue weighted by Gasteiger charge is 2.27. The molecule has 1 N–H and O–H groups in total. The Bertz CT molecular complexity index is 610. The zero-order valence-electron chi connectivity index (χ0n) is 11.9. The maximum absolute atomic E-state index is 5.43. The minimum absolute atomic E-state index is 0.813. The Morgan fingerprint density at radius 3 is 2.70 bits per heavy atom. The number of imidazole rings is 1. The first-order chi connectivity index (χ1) is 9.79. The summed E-state index contributed by atoms with van der Waals surface area (Å²) >= 11 is 5.43. The number of likely N-dealkylation sites (N-methyl/N-ethyl adjacent to an activating group) is 1. The Morgan fingerprint density at radius 1 is 1.30 bits per heavy atom. The van der Waals surface area contributed by atoms with Gasteiger partial charge in [-0.05, 0) is 37.2 Å². The van der Waals surface area contributed by atoms with Crippen LogP contribution in [0.1, 0.15) is 19.8 Å². The molecule has 2 aromatic rings. The van der Waals surface area contributed by atoms with Gasteiger partial charge in [0.1, 0.15) is 0 Å². The Balaban J connectivity index is 1.79. The fourth-order valence-corrected chi connectivity index (χ4v) is 2.98. The summed E-state index contributed by atoms with van der Waals surface area (Å²) in [6.45, 7) is 5.40. The van der Waals surface area contributed by atoms with Crippen LogP contribution in [0.15, 0.2) is 36.5 Å². The van der Waals surface area contributed by atoms with Crippen molar-refractivity contribution >= 4 is 12.2 Å². The third-order valence-corrected chi connectivity index (χ3v) is 4.36. The van der Waals surface area contributed by atoms with E-state index in [2.05, 4.69) is 45.6 Å². The van der Waals surface area contributed by atoms with Crippen molar-refractivity contribution in [3.8, 4) is 11.3 Å². The Morgan fingerprint density at radius 2 is 2.05 bits per heavy atom. The van der Waals surface area contributed by atoms with Crippen LogP contribution in [-0.4, -0.2) is 33.6 Å². The van der Waals surface area contributed by atoms with Crippen LogP contribution < -0.4 is 0 Å². The van der Waals surface area contributed by atoms with E-state index in [0.29, 0.717) is 0 Å². The second-order valence-electron chi connectivity index (χ2n) is 5.36. The van der Waals surface area contributed by atoms with Gasteiger partial charge >= 0.3 is 0 Å². The molecule has 1 aliphatic rings. The number of aromatic nitrogens is 2. The van der Waals surface area contributed by atoms with E-state index in [-0.39, 0.29) is 0 Å². The summed E-state index contributed by atoms with van der Waals surface area (Å²) in [4.78, 5) is 5.74. The number of benzene rings is 1. The smallest absolute Gasteiger partial charge is 0.177 e. The van der Waals surface area contributed by atoms with Crippen LogP contribution in [0.3, 0.4) is 0 Å². The molecule has 0 amide bonds. The highest BCUT2D eigenvalue weighted by atomic mass is 32.1. The Labute approximate surface area is 125 Å². The predicted molar refractivity (Wildman–Crippen MR) is 85.3 cm³/mol. The largest absolute Gasteiger partial charge is 0.337 e. The van der Waals surface area contributed by atoms with Gasteiger partial charge in [-0.3, -0.25) is 4.90 Å². The van der Waals surface area contributed by atoms with Crippen molar-refractivity contribution in [3.63, 3.8) is 0 Å². The molecule has 0 atom stereocenters. The predicted octanol–water partition coefficient (Wildman–Crippen LogP) is 3.70. The first-order valence-electron chi connectivity index (χ1n) is 7.37. The molecular formula is C16H21N3S. The maximum atomic E-state index is 5.43. The van der Waals surface area contributed by atoms with Gasteiger partial charge in [0.2, 0.25) is 0 Å². The molecule has 0 radical (unpaired) electrons. The van der Waals surface area contributed by atoms with Crippen molar-refractivity contribution in [2.45, 2.75) is 32.4 Å². The molecule has 0 bridgehead atoms. The number of nitrogens with one attached hydrogen (secondary N) is 1. The molecule has 3 nitrogen and oxygen atoms in total. The summed E-state index contributed by atoms with van der Waals surface area (Å²) in [5.41, 5.74) is 2.40. The van der Waals surface area contributed by atoms with Gasteiger partial charge in [-0.15, -0.1) is 0 Å². The van der Waals surface area contributed by atoms with Crippen molar-refractivity contribution in [2.24, 2.45) is 0 Å². The minimum atomic E-state index is 0.813. The maximum Gasteiger partial charge on any atom is 0.177 e. The molecular weight excluding hydrogens is 266 g/mol.